The lowest BCUT2D eigenvalue weighted by molar-refractivity contribution is 0.261. The van der Waals surface area contributed by atoms with Gasteiger partial charge in [-0.25, -0.2) is 0 Å². The van der Waals surface area contributed by atoms with Gasteiger partial charge in [0.2, 0.25) is 0 Å². The summed E-state index contributed by atoms with van der Waals surface area (Å²) in [5.41, 5.74) is 0. The van der Waals surface area contributed by atoms with Crippen LogP contribution in [0, 0.1) is 17.8 Å². The molecule has 0 unspecified atom stereocenters. The Hall–Kier alpha value is -0.260. The van der Waals surface area contributed by atoms with E-state index in [4.69, 9.17) is 0 Å². The van der Waals surface area contributed by atoms with Crippen molar-refractivity contribution in [1.29, 1.82) is 0 Å². The molecular formula is C15H25. The molecule has 0 amide bonds. The molecule has 2 aliphatic carbocycles. The molecule has 0 aromatic heterocycles. The molecule has 0 saturated heterocycles. The first-order valence-electron chi connectivity index (χ1n) is 6.85. The molecule has 0 nitrogen and oxygen atoms in total. The summed E-state index contributed by atoms with van der Waals surface area (Å²) >= 11 is 0. The Balaban J connectivity index is 1.74. The largest absolute Gasteiger partial charge is 0.103 e. The van der Waals surface area contributed by atoms with Crippen molar-refractivity contribution in [3.63, 3.8) is 0 Å². The molecule has 2 aliphatic rings. The lowest BCUT2D eigenvalue weighted by atomic mass is 9.70. The van der Waals surface area contributed by atoms with E-state index >= 15 is 0 Å². The highest BCUT2D eigenvalue weighted by atomic mass is 14.3. The quantitative estimate of drug-likeness (QED) is 0.574. The lowest BCUT2D eigenvalue weighted by Crippen LogP contribution is -2.22. The van der Waals surface area contributed by atoms with Crippen molar-refractivity contribution >= 4 is 0 Å². The minimum atomic E-state index is 0.961. The molecule has 2 saturated carbocycles. The van der Waals surface area contributed by atoms with Crippen LogP contribution in [-0.4, -0.2) is 0 Å². The van der Waals surface area contributed by atoms with Crippen LogP contribution in [0.3, 0.4) is 0 Å². The van der Waals surface area contributed by atoms with E-state index in [2.05, 4.69) is 12.7 Å². The van der Waals surface area contributed by atoms with Gasteiger partial charge in [-0.1, -0.05) is 25.3 Å². The van der Waals surface area contributed by atoms with Crippen LogP contribution < -0.4 is 0 Å². The summed E-state index contributed by atoms with van der Waals surface area (Å²) in [6.07, 6.45) is 16.6. The molecule has 0 bridgehead atoms. The fourth-order valence-corrected chi connectivity index (χ4v) is 3.46. The van der Waals surface area contributed by atoms with Crippen molar-refractivity contribution in [3.05, 3.63) is 18.6 Å². The van der Waals surface area contributed by atoms with Gasteiger partial charge in [0.25, 0.3) is 0 Å². The predicted molar refractivity (Wildman–Crippen MR) is 66.6 cm³/mol. The van der Waals surface area contributed by atoms with E-state index in [1.54, 1.807) is 0 Å². The minimum Gasteiger partial charge on any atom is -0.103 e. The highest BCUT2D eigenvalue weighted by Crippen LogP contribution is 2.41. The number of hydrogen-bond donors (Lipinski definition) is 0. The van der Waals surface area contributed by atoms with Gasteiger partial charge in [-0.15, -0.1) is 6.58 Å². The van der Waals surface area contributed by atoms with Gasteiger partial charge in [-0.3, -0.25) is 0 Å². The van der Waals surface area contributed by atoms with Crippen molar-refractivity contribution < 1.29 is 0 Å². The van der Waals surface area contributed by atoms with E-state index in [1.807, 2.05) is 5.92 Å². The van der Waals surface area contributed by atoms with Gasteiger partial charge in [-0.05, 0) is 62.7 Å². The van der Waals surface area contributed by atoms with Crippen LogP contribution >= 0.6 is 0 Å². The van der Waals surface area contributed by atoms with Crippen LogP contribution in [0.4, 0.5) is 0 Å². The molecule has 0 heterocycles. The van der Waals surface area contributed by atoms with E-state index in [0.29, 0.717) is 0 Å². The minimum absolute atomic E-state index is 0.961. The van der Waals surface area contributed by atoms with Gasteiger partial charge in [0.1, 0.15) is 0 Å². The Morgan fingerprint density at radius 3 is 2.27 bits per heavy atom. The lowest BCUT2D eigenvalue weighted by Gasteiger charge is -2.35. The van der Waals surface area contributed by atoms with Crippen LogP contribution in [0.1, 0.15) is 64.2 Å². The Morgan fingerprint density at radius 1 is 1.00 bits per heavy atom. The highest BCUT2D eigenvalue weighted by molar-refractivity contribution is 5.00. The summed E-state index contributed by atoms with van der Waals surface area (Å²) in [6, 6.07) is 0. The van der Waals surface area contributed by atoms with Crippen LogP contribution in [0.15, 0.2) is 12.7 Å². The molecule has 85 valence electrons. The standard InChI is InChI=1S/C15H25/c1-2-6-13-9-11-15(12-10-13)14-7-4-3-5-8-14/h2,13,15H,1,3-12H2. The van der Waals surface area contributed by atoms with Gasteiger partial charge in [0.05, 0.1) is 0 Å². The first-order chi connectivity index (χ1) is 7.40. The second kappa shape index (κ2) is 5.72. The topological polar surface area (TPSA) is 0 Å². The summed E-state index contributed by atoms with van der Waals surface area (Å²) in [4.78, 5) is 0. The van der Waals surface area contributed by atoms with Crippen molar-refractivity contribution in [3.8, 4) is 0 Å². The average Bonchev–Trinajstić information content (AvgIpc) is 2.32. The molecule has 1 radical (unpaired) electrons. The van der Waals surface area contributed by atoms with E-state index in [0.717, 1.165) is 11.8 Å². The van der Waals surface area contributed by atoms with Gasteiger partial charge in [0, 0.05) is 0 Å². The number of hydrogen-bond acceptors (Lipinski definition) is 0. The van der Waals surface area contributed by atoms with Crippen LogP contribution in [0.25, 0.3) is 0 Å². The van der Waals surface area contributed by atoms with E-state index in [9.17, 15) is 0 Å². The fraction of sp³-hybridized carbons (Fsp3) is 0.800. The molecule has 0 aromatic carbocycles. The van der Waals surface area contributed by atoms with Crippen molar-refractivity contribution in [1.82, 2.24) is 0 Å². The molecule has 2 fully saturated rings. The summed E-state index contributed by atoms with van der Waals surface area (Å²) < 4.78 is 0. The third-order valence-electron chi connectivity index (χ3n) is 4.42. The first kappa shape index (κ1) is 11.2. The Labute approximate surface area is 95.1 Å². The summed E-state index contributed by atoms with van der Waals surface area (Å²) in [6.45, 7) is 3.86. The fourth-order valence-electron chi connectivity index (χ4n) is 3.46. The van der Waals surface area contributed by atoms with Crippen molar-refractivity contribution in [2.45, 2.75) is 64.2 Å². The predicted octanol–water partition coefficient (Wildman–Crippen LogP) is 4.91. The zero-order chi connectivity index (χ0) is 10.5. The summed E-state index contributed by atoms with van der Waals surface area (Å²) in [7, 11) is 0. The molecular weight excluding hydrogens is 180 g/mol. The summed E-state index contributed by atoms with van der Waals surface area (Å²) in [5, 5.41) is 0. The van der Waals surface area contributed by atoms with Gasteiger partial charge < -0.3 is 0 Å². The van der Waals surface area contributed by atoms with E-state index in [1.165, 1.54) is 64.2 Å². The Bertz CT molecular complexity index is 180. The van der Waals surface area contributed by atoms with Crippen LogP contribution in [0.5, 0.6) is 0 Å². The maximum absolute atomic E-state index is 3.86. The molecule has 0 heteroatoms. The average molecular weight is 205 g/mol. The smallest absolute Gasteiger partial charge is 0.0210 e. The monoisotopic (exact) mass is 205 g/mol. The molecule has 0 aliphatic heterocycles. The van der Waals surface area contributed by atoms with Gasteiger partial charge >= 0.3 is 0 Å². The zero-order valence-electron chi connectivity index (χ0n) is 10.0. The summed E-state index contributed by atoms with van der Waals surface area (Å²) in [5.74, 6) is 3.90. The number of rotatable bonds is 3. The number of allylic oxidation sites excluding steroid dienone is 1. The SMILES string of the molecule is C=CCC1CCC([C]2CCCCC2)CC1. The molecule has 2 rings (SSSR count). The van der Waals surface area contributed by atoms with Gasteiger partial charge in [-0.2, -0.15) is 0 Å². The van der Waals surface area contributed by atoms with Gasteiger partial charge in [0.15, 0.2) is 0 Å². The third kappa shape index (κ3) is 3.09. The molecule has 0 aromatic rings. The maximum atomic E-state index is 3.86. The van der Waals surface area contributed by atoms with E-state index < -0.39 is 0 Å². The van der Waals surface area contributed by atoms with Crippen LogP contribution in [0.2, 0.25) is 0 Å². The Morgan fingerprint density at radius 2 is 1.67 bits per heavy atom. The van der Waals surface area contributed by atoms with Crippen molar-refractivity contribution in [2.24, 2.45) is 11.8 Å². The first-order valence-corrected chi connectivity index (χ1v) is 6.85. The van der Waals surface area contributed by atoms with Crippen molar-refractivity contribution in [2.75, 3.05) is 0 Å². The maximum Gasteiger partial charge on any atom is -0.0210 e. The normalized spacial score (nSPS) is 33.9. The third-order valence-corrected chi connectivity index (χ3v) is 4.42. The Kier molecular flexibility index (Phi) is 4.29. The molecule has 15 heavy (non-hydrogen) atoms. The second-order valence-corrected chi connectivity index (χ2v) is 5.46. The molecule has 0 N–H and O–H groups in total. The molecule has 0 atom stereocenters. The zero-order valence-corrected chi connectivity index (χ0v) is 10.0. The second-order valence-electron chi connectivity index (χ2n) is 5.46. The highest BCUT2D eigenvalue weighted by Gasteiger charge is 2.28. The molecule has 0 spiro atoms. The van der Waals surface area contributed by atoms with E-state index in [-0.39, 0.29) is 0 Å². The van der Waals surface area contributed by atoms with Crippen LogP contribution in [-0.2, 0) is 0 Å².